The summed E-state index contributed by atoms with van der Waals surface area (Å²) >= 11 is 11.9. The lowest BCUT2D eigenvalue weighted by Crippen LogP contribution is -2.48. The number of carboxylic acids is 1. The standard InChI is InChI=1S/C16H13Cl2NO4S/c17-12-5-6-13(18)15(8-12)24(22,23)19-9-11-4-2-1-3-10(11)7-14(19)16(20)21/h1-6,8,14H,7,9H2,(H,20,21). The zero-order chi connectivity index (χ0) is 17.5. The van der Waals surface area contributed by atoms with Crippen molar-refractivity contribution in [3.63, 3.8) is 0 Å². The molecule has 0 saturated carbocycles. The lowest BCUT2D eigenvalue weighted by atomic mass is 9.96. The van der Waals surface area contributed by atoms with Gasteiger partial charge in [0.1, 0.15) is 10.9 Å². The first-order chi connectivity index (χ1) is 11.3. The van der Waals surface area contributed by atoms with Crippen molar-refractivity contribution in [2.45, 2.75) is 23.9 Å². The quantitative estimate of drug-likeness (QED) is 0.879. The molecule has 2 aromatic rings. The number of hydrogen-bond donors (Lipinski definition) is 1. The molecule has 1 unspecified atom stereocenters. The third kappa shape index (κ3) is 3.02. The smallest absolute Gasteiger partial charge is 0.322 e. The average Bonchev–Trinajstić information content (AvgIpc) is 2.55. The summed E-state index contributed by atoms with van der Waals surface area (Å²) in [5.74, 6) is -1.20. The summed E-state index contributed by atoms with van der Waals surface area (Å²) in [6.07, 6.45) is 0.100. The fraction of sp³-hybridized carbons (Fsp3) is 0.188. The van der Waals surface area contributed by atoms with Crippen molar-refractivity contribution in [1.29, 1.82) is 0 Å². The molecule has 1 atom stereocenters. The van der Waals surface area contributed by atoms with Gasteiger partial charge in [0.05, 0.1) is 5.02 Å². The predicted octanol–water partition coefficient (Wildman–Crippen LogP) is 3.19. The molecule has 24 heavy (non-hydrogen) atoms. The van der Waals surface area contributed by atoms with E-state index in [-0.39, 0.29) is 27.9 Å². The fourth-order valence-electron chi connectivity index (χ4n) is 2.76. The topological polar surface area (TPSA) is 74.7 Å². The van der Waals surface area contributed by atoms with E-state index in [4.69, 9.17) is 23.2 Å². The van der Waals surface area contributed by atoms with Gasteiger partial charge < -0.3 is 5.11 Å². The minimum atomic E-state index is -4.12. The highest BCUT2D eigenvalue weighted by Gasteiger charge is 2.40. The highest BCUT2D eigenvalue weighted by molar-refractivity contribution is 7.89. The number of benzene rings is 2. The van der Waals surface area contributed by atoms with Crippen molar-refractivity contribution in [3.8, 4) is 0 Å². The molecule has 3 rings (SSSR count). The van der Waals surface area contributed by atoms with Crippen LogP contribution in [-0.4, -0.2) is 29.8 Å². The Bertz CT molecular complexity index is 914. The van der Waals surface area contributed by atoms with E-state index in [2.05, 4.69) is 0 Å². The minimum absolute atomic E-state index is 0.00222. The van der Waals surface area contributed by atoms with E-state index >= 15 is 0 Å². The number of hydrogen-bond acceptors (Lipinski definition) is 3. The number of carbonyl (C=O) groups is 1. The van der Waals surface area contributed by atoms with Crippen molar-refractivity contribution in [2.24, 2.45) is 0 Å². The van der Waals surface area contributed by atoms with Crippen LogP contribution in [0.1, 0.15) is 11.1 Å². The Morgan fingerprint density at radius 3 is 2.46 bits per heavy atom. The first-order valence-corrected chi connectivity index (χ1v) is 9.27. The minimum Gasteiger partial charge on any atom is -0.480 e. The van der Waals surface area contributed by atoms with Gasteiger partial charge >= 0.3 is 5.97 Å². The summed E-state index contributed by atoms with van der Waals surface area (Å²) in [5.41, 5.74) is 1.60. The van der Waals surface area contributed by atoms with E-state index in [1.54, 1.807) is 18.2 Å². The highest BCUT2D eigenvalue weighted by atomic mass is 35.5. The molecule has 8 heteroatoms. The van der Waals surface area contributed by atoms with E-state index in [1.165, 1.54) is 18.2 Å². The SMILES string of the molecule is O=C(O)C1Cc2ccccc2CN1S(=O)(=O)c1cc(Cl)ccc1Cl. The molecule has 0 aliphatic carbocycles. The summed E-state index contributed by atoms with van der Waals surface area (Å²) in [4.78, 5) is 11.4. The largest absolute Gasteiger partial charge is 0.480 e. The van der Waals surface area contributed by atoms with Crippen LogP contribution in [0.3, 0.4) is 0 Å². The molecular formula is C16H13Cl2NO4S. The number of fused-ring (bicyclic) bond motifs is 1. The molecule has 1 heterocycles. The lowest BCUT2D eigenvalue weighted by molar-refractivity contribution is -0.141. The summed E-state index contributed by atoms with van der Waals surface area (Å²) < 4.78 is 27.0. The first kappa shape index (κ1) is 17.2. The summed E-state index contributed by atoms with van der Waals surface area (Å²) in [5, 5.41) is 9.72. The Morgan fingerprint density at radius 1 is 1.12 bits per heavy atom. The number of sulfonamides is 1. The molecular weight excluding hydrogens is 373 g/mol. The Balaban J connectivity index is 2.11. The average molecular weight is 386 g/mol. The van der Waals surface area contributed by atoms with Gasteiger partial charge in [-0.1, -0.05) is 47.5 Å². The molecule has 1 aliphatic heterocycles. The molecule has 126 valence electrons. The van der Waals surface area contributed by atoms with Gasteiger partial charge in [0.15, 0.2) is 0 Å². The van der Waals surface area contributed by atoms with Crippen LogP contribution in [0.4, 0.5) is 0 Å². The van der Waals surface area contributed by atoms with Crippen molar-refractivity contribution in [2.75, 3.05) is 0 Å². The number of rotatable bonds is 3. The van der Waals surface area contributed by atoms with E-state index in [1.807, 2.05) is 6.07 Å². The van der Waals surface area contributed by atoms with E-state index < -0.39 is 22.0 Å². The van der Waals surface area contributed by atoms with E-state index in [9.17, 15) is 18.3 Å². The second-order valence-electron chi connectivity index (χ2n) is 5.45. The van der Waals surface area contributed by atoms with Crippen LogP contribution in [0.2, 0.25) is 10.0 Å². The van der Waals surface area contributed by atoms with Crippen LogP contribution >= 0.6 is 23.2 Å². The fourth-order valence-corrected chi connectivity index (χ4v) is 5.06. The molecule has 1 aliphatic rings. The molecule has 0 radical (unpaired) electrons. The number of aliphatic carboxylic acids is 1. The van der Waals surface area contributed by atoms with Gasteiger partial charge in [-0.15, -0.1) is 0 Å². The second-order valence-corrected chi connectivity index (χ2v) is 8.15. The maximum atomic E-state index is 13.0. The Hall–Kier alpha value is -1.60. The van der Waals surface area contributed by atoms with E-state index in [0.29, 0.717) is 0 Å². The number of halogens is 2. The van der Waals surface area contributed by atoms with Crippen LogP contribution in [-0.2, 0) is 27.8 Å². The van der Waals surface area contributed by atoms with Gasteiger partial charge in [0, 0.05) is 18.0 Å². The molecule has 2 aromatic carbocycles. The first-order valence-electron chi connectivity index (χ1n) is 7.07. The van der Waals surface area contributed by atoms with Crippen LogP contribution in [0, 0.1) is 0 Å². The summed E-state index contributed by atoms with van der Waals surface area (Å²) in [6, 6.07) is 10.1. The van der Waals surface area contributed by atoms with Crippen molar-refractivity contribution >= 4 is 39.2 Å². The van der Waals surface area contributed by atoms with Crippen LogP contribution < -0.4 is 0 Å². The Labute approximate surface area is 149 Å². The molecule has 0 spiro atoms. The van der Waals surface area contributed by atoms with Gasteiger partial charge in [-0.3, -0.25) is 4.79 Å². The van der Waals surface area contributed by atoms with Crippen LogP contribution in [0.25, 0.3) is 0 Å². The molecule has 0 fully saturated rings. The zero-order valence-electron chi connectivity index (χ0n) is 12.3. The Kier molecular flexibility index (Phi) is 4.57. The van der Waals surface area contributed by atoms with Crippen LogP contribution in [0.15, 0.2) is 47.4 Å². The lowest BCUT2D eigenvalue weighted by Gasteiger charge is -2.33. The Morgan fingerprint density at radius 2 is 1.79 bits per heavy atom. The second kappa shape index (κ2) is 6.37. The highest BCUT2D eigenvalue weighted by Crippen LogP contribution is 2.33. The predicted molar refractivity (Wildman–Crippen MR) is 90.8 cm³/mol. The van der Waals surface area contributed by atoms with Crippen LogP contribution in [0.5, 0.6) is 0 Å². The zero-order valence-corrected chi connectivity index (χ0v) is 14.6. The number of carboxylic acid groups (broad SMARTS) is 1. The van der Waals surface area contributed by atoms with Crippen molar-refractivity contribution in [1.82, 2.24) is 4.31 Å². The van der Waals surface area contributed by atoms with Crippen molar-refractivity contribution < 1.29 is 18.3 Å². The van der Waals surface area contributed by atoms with Gasteiger partial charge in [0.25, 0.3) is 0 Å². The van der Waals surface area contributed by atoms with Gasteiger partial charge in [-0.2, -0.15) is 4.31 Å². The third-order valence-corrected chi connectivity index (χ3v) is 6.54. The molecule has 5 nitrogen and oxygen atoms in total. The van der Waals surface area contributed by atoms with E-state index in [0.717, 1.165) is 15.4 Å². The van der Waals surface area contributed by atoms with Gasteiger partial charge in [-0.25, -0.2) is 8.42 Å². The molecule has 0 saturated heterocycles. The monoisotopic (exact) mass is 385 g/mol. The maximum absolute atomic E-state index is 13.0. The van der Waals surface area contributed by atoms with Gasteiger partial charge in [-0.05, 0) is 29.3 Å². The molecule has 1 N–H and O–H groups in total. The number of nitrogens with zero attached hydrogens (tertiary/aromatic N) is 1. The molecule has 0 amide bonds. The third-order valence-electron chi connectivity index (χ3n) is 3.97. The van der Waals surface area contributed by atoms with Crippen molar-refractivity contribution in [3.05, 3.63) is 63.6 Å². The summed E-state index contributed by atoms with van der Waals surface area (Å²) in [7, 11) is -4.12. The summed E-state index contributed by atoms with van der Waals surface area (Å²) in [6.45, 7) is -0.0294. The van der Waals surface area contributed by atoms with Gasteiger partial charge in [0.2, 0.25) is 10.0 Å². The molecule has 0 aromatic heterocycles. The maximum Gasteiger partial charge on any atom is 0.322 e. The normalized spacial score (nSPS) is 18.2. The molecule has 0 bridgehead atoms.